The molecule has 0 radical (unpaired) electrons. The summed E-state index contributed by atoms with van der Waals surface area (Å²) in [6.07, 6.45) is 15.1. The molecule has 116 valence electrons. The maximum Gasteiger partial charge on any atom is 0.138 e. The highest BCUT2D eigenvalue weighted by molar-refractivity contribution is 5.89. The Morgan fingerprint density at radius 3 is 2.57 bits per heavy atom. The van der Waals surface area contributed by atoms with Crippen molar-refractivity contribution in [2.24, 2.45) is 23.7 Å². The molecule has 4 aliphatic carbocycles. The molecule has 4 fully saturated rings. The minimum Gasteiger partial charge on any atom is -0.481 e. The van der Waals surface area contributed by atoms with Crippen molar-refractivity contribution in [3.05, 3.63) is 36.3 Å². The van der Waals surface area contributed by atoms with Gasteiger partial charge in [0.05, 0.1) is 10.9 Å². The summed E-state index contributed by atoms with van der Waals surface area (Å²) in [5.41, 5.74) is 2.09. The van der Waals surface area contributed by atoms with Crippen molar-refractivity contribution in [1.82, 2.24) is 9.97 Å². The normalized spacial score (nSPS) is 39.7. The summed E-state index contributed by atoms with van der Waals surface area (Å²) in [7, 11) is 0. The molecule has 1 aromatic heterocycles. The van der Waals surface area contributed by atoms with Gasteiger partial charge in [-0.1, -0.05) is 6.08 Å². The second kappa shape index (κ2) is 4.14. The number of benzene rings is 1. The summed E-state index contributed by atoms with van der Waals surface area (Å²) in [5.74, 6) is 4.32. The molecule has 2 aromatic rings. The number of hydrogen-bond donors (Lipinski definition) is 0. The van der Waals surface area contributed by atoms with Gasteiger partial charge in [-0.25, -0.2) is 9.97 Å². The SMILES string of the molecule is C1=CC2(Oc3c1ccc1ncncc31)C1CC3CC(C1)CC2C3. The number of rotatable bonds is 0. The van der Waals surface area contributed by atoms with E-state index < -0.39 is 0 Å². The first-order chi connectivity index (χ1) is 11.3. The van der Waals surface area contributed by atoms with Gasteiger partial charge in [-0.3, -0.25) is 0 Å². The van der Waals surface area contributed by atoms with Gasteiger partial charge in [0.25, 0.3) is 0 Å². The van der Waals surface area contributed by atoms with E-state index in [-0.39, 0.29) is 5.60 Å². The van der Waals surface area contributed by atoms with Crippen LogP contribution in [0.3, 0.4) is 0 Å². The van der Waals surface area contributed by atoms with Crippen LogP contribution in [0.5, 0.6) is 5.75 Å². The Kier molecular flexibility index (Phi) is 2.25. The van der Waals surface area contributed by atoms with Gasteiger partial charge in [0, 0.05) is 23.6 Å². The van der Waals surface area contributed by atoms with Crippen LogP contribution >= 0.6 is 0 Å². The Hall–Kier alpha value is -1.90. The van der Waals surface area contributed by atoms with Crippen LogP contribution in [-0.4, -0.2) is 15.6 Å². The van der Waals surface area contributed by atoms with Gasteiger partial charge >= 0.3 is 0 Å². The predicted molar refractivity (Wildman–Crippen MR) is 89.0 cm³/mol. The maximum absolute atomic E-state index is 6.84. The molecule has 0 N–H and O–H groups in total. The van der Waals surface area contributed by atoms with Gasteiger partial charge in [-0.2, -0.15) is 0 Å². The van der Waals surface area contributed by atoms with Crippen LogP contribution in [0.25, 0.3) is 17.0 Å². The van der Waals surface area contributed by atoms with Crippen molar-refractivity contribution in [1.29, 1.82) is 0 Å². The molecule has 23 heavy (non-hydrogen) atoms. The summed E-state index contributed by atoms with van der Waals surface area (Å²) in [6.45, 7) is 0. The van der Waals surface area contributed by atoms with Crippen molar-refractivity contribution in [2.75, 3.05) is 0 Å². The Bertz CT molecular complexity index is 813. The topological polar surface area (TPSA) is 35.0 Å². The molecular weight excluding hydrogens is 284 g/mol. The minimum absolute atomic E-state index is 0.0649. The highest BCUT2D eigenvalue weighted by Gasteiger charge is 2.58. The fourth-order valence-corrected chi connectivity index (χ4v) is 6.08. The van der Waals surface area contributed by atoms with Gasteiger partial charge < -0.3 is 4.74 Å². The van der Waals surface area contributed by atoms with Crippen LogP contribution in [0.1, 0.15) is 37.7 Å². The van der Waals surface area contributed by atoms with Crippen molar-refractivity contribution in [3.63, 3.8) is 0 Å². The van der Waals surface area contributed by atoms with E-state index in [0.717, 1.165) is 28.5 Å². The first-order valence-corrected chi connectivity index (χ1v) is 8.93. The minimum atomic E-state index is -0.0649. The summed E-state index contributed by atoms with van der Waals surface area (Å²) in [6, 6.07) is 4.20. The van der Waals surface area contributed by atoms with Crippen molar-refractivity contribution < 1.29 is 4.74 Å². The molecule has 0 unspecified atom stereocenters. The molecule has 0 atom stereocenters. The fourth-order valence-electron chi connectivity index (χ4n) is 6.08. The Labute approximate surface area is 135 Å². The molecular formula is C20H20N2O. The number of fused-ring (bicyclic) bond motifs is 3. The molecule has 5 aliphatic rings. The summed E-state index contributed by atoms with van der Waals surface area (Å²) in [4.78, 5) is 8.63. The third kappa shape index (κ3) is 1.55. The smallest absolute Gasteiger partial charge is 0.138 e. The fraction of sp³-hybridized carbons (Fsp3) is 0.500. The third-order valence-electron chi connectivity index (χ3n) is 6.89. The van der Waals surface area contributed by atoms with Crippen LogP contribution in [0.4, 0.5) is 0 Å². The first kappa shape index (κ1) is 12.5. The molecule has 1 aliphatic heterocycles. The molecule has 0 amide bonds. The molecule has 7 rings (SSSR count). The van der Waals surface area contributed by atoms with Crippen LogP contribution < -0.4 is 4.74 Å². The molecule has 4 bridgehead atoms. The highest BCUT2D eigenvalue weighted by Crippen LogP contribution is 2.61. The van der Waals surface area contributed by atoms with Crippen LogP contribution in [-0.2, 0) is 0 Å². The zero-order valence-corrected chi connectivity index (χ0v) is 13.1. The largest absolute Gasteiger partial charge is 0.481 e. The lowest BCUT2D eigenvalue weighted by Crippen LogP contribution is -2.60. The monoisotopic (exact) mass is 304 g/mol. The van der Waals surface area contributed by atoms with Gasteiger partial charge in [0.1, 0.15) is 17.7 Å². The zero-order valence-electron chi connectivity index (χ0n) is 13.1. The standard InChI is InChI=1S/C20H20N2O/c1-2-18-17(10-21-11-22-18)19-14(1)3-4-20(23-19)15-6-12-5-13(8-15)9-16(20)7-12/h1-4,10-13,15-16H,5-9H2. The Balaban J connectivity index is 1.52. The summed E-state index contributed by atoms with van der Waals surface area (Å²) in [5, 5.41) is 1.06. The van der Waals surface area contributed by atoms with E-state index >= 15 is 0 Å². The zero-order chi connectivity index (χ0) is 15.0. The van der Waals surface area contributed by atoms with Crippen molar-refractivity contribution in [2.45, 2.75) is 37.7 Å². The molecule has 1 aromatic carbocycles. The number of hydrogen-bond acceptors (Lipinski definition) is 3. The van der Waals surface area contributed by atoms with E-state index in [2.05, 4.69) is 34.3 Å². The summed E-state index contributed by atoms with van der Waals surface area (Å²) >= 11 is 0. The van der Waals surface area contributed by atoms with E-state index in [0.29, 0.717) is 11.8 Å². The number of ether oxygens (including phenoxy) is 1. The number of nitrogens with zero attached hydrogens (tertiary/aromatic N) is 2. The van der Waals surface area contributed by atoms with Gasteiger partial charge in [0.2, 0.25) is 0 Å². The van der Waals surface area contributed by atoms with Crippen molar-refractivity contribution >= 4 is 17.0 Å². The average Bonchev–Trinajstić information content (AvgIpc) is 2.59. The Morgan fingerprint density at radius 2 is 1.78 bits per heavy atom. The van der Waals surface area contributed by atoms with E-state index in [9.17, 15) is 0 Å². The quantitative estimate of drug-likeness (QED) is 0.730. The van der Waals surface area contributed by atoms with E-state index in [1.165, 1.54) is 37.7 Å². The van der Waals surface area contributed by atoms with Crippen LogP contribution in [0, 0.1) is 23.7 Å². The van der Waals surface area contributed by atoms with Crippen LogP contribution in [0.2, 0.25) is 0 Å². The lowest BCUT2D eigenvalue weighted by Gasteiger charge is -2.60. The van der Waals surface area contributed by atoms with Crippen molar-refractivity contribution in [3.8, 4) is 5.75 Å². The maximum atomic E-state index is 6.84. The Morgan fingerprint density at radius 1 is 1.00 bits per heavy atom. The highest BCUT2D eigenvalue weighted by atomic mass is 16.5. The van der Waals surface area contributed by atoms with Gasteiger partial charge in [-0.15, -0.1) is 0 Å². The van der Waals surface area contributed by atoms with E-state index in [1.807, 2.05) is 6.20 Å². The molecule has 3 nitrogen and oxygen atoms in total. The predicted octanol–water partition coefficient (Wildman–Crippen LogP) is 4.23. The molecule has 4 saturated carbocycles. The van der Waals surface area contributed by atoms with E-state index in [4.69, 9.17) is 4.74 Å². The molecule has 0 saturated heterocycles. The first-order valence-electron chi connectivity index (χ1n) is 8.93. The second-order valence-electron chi connectivity index (χ2n) is 8.03. The lowest BCUT2D eigenvalue weighted by atomic mass is 9.49. The molecule has 1 spiro atoms. The van der Waals surface area contributed by atoms with E-state index in [1.54, 1.807) is 6.33 Å². The van der Waals surface area contributed by atoms with Gasteiger partial charge in [0.15, 0.2) is 0 Å². The lowest BCUT2D eigenvalue weighted by molar-refractivity contribution is -0.127. The molecule has 3 heteroatoms. The average molecular weight is 304 g/mol. The molecule has 2 heterocycles. The second-order valence-corrected chi connectivity index (χ2v) is 8.03. The summed E-state index contributed by atoms with van der Waals surface area (Å²) < 4.78 is 6.84. The van der Waals surface area contributed by atoms with Gasteiger partial charge in [-0.05, 0) is 62.1 Å². The number of aromatic nitrogens is 2. The van der Waals surface area contributed by atoms with Crippen LogP contribution in [0.15, 0.2) is 30.7 Å². The third-order valence-corrected chi connectivity index (χ3v) is 6.89.